The van der Waals surface area contributed by atoms with Crippen LogP contribution in [0.5, 0.6) is 11.5 Å². The van der Waals surface area contributed by atoms with Crippen molar-refractivity contribution >= 4 is 5.91 Å². The van der Waals surface area contributed by atoms with Crippen molar-refractivity contribution in [3.8, 4) is 22.8 Å². The molecule has 2 heterocycles. The molecule has 1 N–H and O–H groups in total. The Labute approximate surface area is 193 Å². The Morgan fingerprint density at radius 1 is 1.00 bits per heavy atom. The van der Waals surface area contributed by atoms with Crippen molar-refractivity contribution in [2.24, 2.45) is 0 Å². The molecule has 33 heavy (non-hydrogen) atoms. The van der Waals surface area contributed by atoms with E-state index in [9.17, 15) is 4.79 Å². The average molecular weight is 452 g/mol. The first-order chi connectivity index (χ1) is 16.1. The number of aromatic amines is 1. The summed E-state index contributed by atoms with van der Waals surface area (Å²) < 4.78 is 21.7. The highest BCUT2D eigenvalue weighted by Gasteiger charge is 2.43. The number of aromatic nitrogens is 2. The minimum absolute atomic E-state index is 0.145. The van der Waals surface area contributed by atoms with E-state index >= 15 is 0 Å². The van der Waals surface area contributed by atoms with Crippen LogP contribution in [0.25, 0.3) is 11.3 Å². The molecule has 1 amide bonds. The van der Waals surface area contributed by atoms with Gasteiger partial charge < -0.3 is 23.8 Å². The van der Waals surface area contributed by atoms with Gasteiger partial charge in [0.2, 0.25) is 0 Å². The number of rotatable bonds is 9. The van der Waals surface area contributed by atoms with Crippen LogP contribution < -0.4 is 9.47 Å². The van der Waals surface area contributed by atoms with Crippen molar-refractivity contribution in [2.75, 3.05) is 35.0 Å². The number of benzene rings is 2. The third kappa shape index (κ3) is 4.07. The molecule has 1 aromatic heterocycles. The number of carbonyl (C=O) groups excluding carboxylic acids is 1. The number of amides is 1. The number of nitrogens with one attached hydrogen (secondary N) is 1. The molecule has 1 atom stereocenters. The van der Waals surface area contributed by atoms with E-state index < -0.39 is 6.29 Å². The van der Waals surface area contributed by atoms with Gasteiger partial charge in [0.15, 0.2) is 17.8 Å². The number of hydrogen-bond donors (Lipinski definition) is 1. The maximum Gasteiger partial charge on any atom is 0.273 e. The largest absolute Gasteiger partial charge is 0.493 e. The zero-order chi connectivity index (χ0) is 23.5. The van der Waals surface area contributed by atoms with E-state index in [1.54, 1.807) is 33.3 Å². The Bertz CT molecular complexity index is 1120. The predicted molar refractivity (Wildman–Crippen MR) is 124 cm³/mol. The standard InChI is InChI=1S/C25H29N3O5/c1-6-15-7-9-16(10-8-15)24-21-22(17-11-12-18(30-2)19(13-17)31-3)26-27-23(21)25(29)28(24)14-20(32-4)33-5/h7-13,20,24H,6,14H2,1-5H3,(H,26,27). The molecular weight excluding hydrogens is 422 g/mol. The van der Waals surface area contributed by atoms with Gasteiger partial charge in [-0.3, -0.25) is 9.89 Å². The summed E-state index contributed by atoms with van der Waals surface area (Å²) in [6, 6.07) is 13.6. The Morgan fingerprint density at radius 3 is 2.30 bits per heavy atom. The van der Waals surface area contributed by atoms with E-state index in [2.05, 4.69) is 41.4 Å². The van der Waals surface area contributed by atoms with Gasteiger partial charge in [-0.15, -0.1) is 0 Å². The zero-order valence-corrected chi connectivity index (χ0v) is 19.5. The summed E-state index contributed by atoms with van der Waals surface area (Å²) in [6.45, 7) is 2.39. The Balaban J connectivity index is 1.84. The third-order valence-corrected chi connectivity index (χ3v) is 6.10. The molecule has 2 aromatic carbocycles. The van der Waals surface area contributed by atoms with Crippen LogP contribution in [-0.2, 0) is 15.9 Å². The van der Waals surface area contributed by atoms with Gasteiger partial charge in [0.1, 0.15) is 5.69 Å². The van der Waals surface area contributed by atoms with E-state index in [4.69, 9.17) is 18.9 Å². The SMILES string of the molecule is CCc1ccc(C2c3c(-c4ccc(OC)c(OC)c4)n[nH]c3C(=O)N2CC(OC)OC)cc1. The summed E-state index contributed by atoms with van der Waals surface area (Å²) in [7, 11) is 6.32. The van der Waals surface area contributed by atoms with Crippen LogP contribution in [-0.4, -0.2) is 62.3 Å². The Morgan fingerprint density at radius 2 is 1.70 bits per heavy atom. The van der Waals surface area contributed by atoms with Crippen LogP contribution in [0.3, 0.4) is 0 Å². The molecule has 0 bridgehead atoms. The molecule has 4 rings (SSSR count). The third-order valence-electron chi connectivity index (χ3n) is 6.10. The summed E-state index contributed by atoms with van der Waals surface area (Å²) >= 11 is 0. The van der Waals surface area contributed by atoms with Crippen LogP contribution in [0.4, 0.5) is 0 Å². The molecule has 0 saturated heterocycles. The first-order valence-corrected chi connectivity index (χ1v) is 10.8. The lowest BCUT2D eigenvalue weighted by Crippen LogP contribution is -2.38. The fraction of sp³-hybridized carbons (Fsp3) is 0.360. The van der Waals surface area contributed by atoms with E-state index in [1.807, 2.05) is 18.2 Å². The fourth-order valence-corrected chi connectivity index (χ4v) is 4.28. The first-order valence-electron chi connectivity index (χ1n) is 10.8. The van der Waals surface area contributed by atoms with Crippen molar-refractivity contribution in [3.05, 3.63) is 64.8 Å². The minimum atomic E-state index is -0.548. The van der Waals surface area contributed by atoms with Crippen molar-refractivity contribution in [1.29, 1.82) is 0 Å². The van der Waals surface area contributed by atoms with E-state index in [-0.39, 0.29) is 18.5 Å². The fourth-order valence-electron chi connectivity index (χ4n) is 4.28. The number of aryl methyl sites for hydroxylation is 1. The van der Waals surface area contributed by atoms with E-state index in [1.165, 1.54) is 5.56 Å². The first kappa shape index (κ1) is 22.8. The molecule has 0 spiro atoms. The zero-order valence-electron chi connectivity index (χ0n) is 19.5. The Hall–Kier alpha value is -3.36. The molecule has 0 saturated carbocycles. The van der Waals surface area contributed by atoms with Gasteiger partial charge in [-0.1, -0.05) is 31.2 Å². The van der Waals surface area contributed by atoms with Gasteiger partial charge in [-0.25, -0.2) is 0 Å². The van der Waals surface area contributed by atoms with Crippen molar-refractivity contribution < 1.29 is 23.7 Å². The highest BCUT2D eigenvalue weighted by Crippen LogP contribution is 2.44. The van der Waals surface area contributed by atoms with Gasteiger partial charge in [0.25, 0.3) is 5.91 Å². The molecule has 3 aromatic rings. The predicted octanol–water partition coefficient (Wildman–Crippen LogP) is 3.82. The molecule has 0 radical (unpaired) electrons. The maximum absolute atomic E-state index is 13.4. The summed E-state index contributed by atoms with van der Waals surface area (Å²) in [6.07, 6.45) is 0.393. The highest BCUT2D eigenvalue weighted by atomic mass is 16.7. The van der Waals surface area contributed by atoms with Crippen LogP contribution >= 0.6 is 0 Å². The molecule has 174 valence electrons. The van der Waals surface area contributed by atoms with Crippen molar-refractivity contribution in [1.82, 2.24) is 15.1 Å². The number of fused-ring (bicyclic) bond motifs is 1. The topological polar surface area (TPSA) is 85.9 Å². The van der Waals surface area contributed by atoms with Gasteiger partial charge in [-0.05, 0) is 35.7 Å². The number of nitrogens with zero attached hydrogens (tertiary/aromatic N) is 2. The molecule has 8 nitrogen and oxygen atoms in total. The maximum atomic E-state index is 13.4. The van der Waals surface area contributed by atoms with Gasteiger partial charge >= 0.3 is 0 Å². The molecular formula is C25H29N3O5. The molecule has 1 aliphatic rings. The number of ether oxygens (including phenoxy) is 4. The summed E-state index contributed by atoms with van der Waals surface area (Å²) in [4.78, 5) is 15.2. The summed E-state index contributed by atoms with van der Waals surface area (Å²) in [5.74, 6) is 1.07. The lowest BCUT2D eigenvalue weighted by Gasteiger charge is -2.29. The second-order valence-corrected chi connectivity index (χ2v) is 7.79. The van der Waals surface area contributed by atoms with Gasteiger partial charge in [0.05, 0.1) is 32.5 Å². The summed E-state index contributed by atoms with van der Waals surface area (Å²) in [5.41, 5.74) is 5.03. The van der Waals surface area contributed by atoms with Crippen molar-refractivity contribution in [2.45, 2.75) is 25.7 Å². The molecule has 0 aliphatic carbocycles. The van der Waals surface area contributed by atoms with Gasteiger partial charge in [-0.2, -0.15) is 5.10 Å². The second kappa shape index (κ2) is 9.64. The molecule has 1 unspecified atom stereocenters. The number of methoxy groups -OCH3 is 4. The molecule has 0 fully saturated rings. The van der Waals surface area contributed by atoms with Crippen LogP contribution in [0.1, 0.15) is 40.1 Å². The van der Waals surface area contributed by atoms with Crippen LogP contribution in [0, 0.1) is 0 Å². The minimum Gasteiger partial charge on any atom is -0.493 e. The van der Waals surface area contributed by atoms with E-state index in [0.717, 1.165) is 23.1 Å². The molecule has 8 heteroatoms. The lowest BCUT2D eigenvalue weighted by molar-refractivity contribution is -0.113. The number of hydrogen-bond acceptors (Lipinski definition) is 6. The number of H-pyrrole nitrogens is 1. The van der Waals surface area contributed by atoms with Gasteiger partial charge in [0, 0.05) is 25.3 Å². The lowest BCUT2D eigenvalue weighted by atomic mass is 9.95. The normalized spacial score (nSPS) is 15.3. The van der Waals surface area contributed by atoms with Crippen LogP contribution in [0.15, 0.2) is 42.5 Å². The second-order valence-electron chi connectivity index (χ2n) is 7.79. The van der Waals surface area contributed by atoms with E-state index in [0.29, 0.717) is 22.9 Å². The highest BCUT2D eigenvalue weighted by molar-refractivity contribution is 6.00. The Kier molecular flexibility index (Phi) is 6.67. The van der Waals surface area contributed by atoms with Crippen LogP contribution in [0.2, 0.25) is 0 Å². The van der Waals surface area contributed by atoms with Crippen molar-refractivity contribution in [3.63, 3.8) is 0 Å². The molecule has 1 aliphatic heterocycles. The number of carbonyl (C=O) groups is 1. The summed E-state index contributed by atoms with van der Waals surface area (Å²) in [5, 5.41) is 7.49. The average Bonchev–Trinajstić information content (AvgIpc) is 3.40. The quantitative estimate of drug-likeness (QED) is 0.498. The monoisotopic (exact) mass is 451 g/mol. The smallest absolute Gasteiger partial charge is 0.273 e.